The highest BCUT2D eigenvalue weighted by Crippen LogP contribution is 2.29. The van der Waals surface area contributed by atoms with Crippen molar-refractivity contribution in [1.29, 1.82) is 0 Å². The van der Waals surface area contributed by atoms with Crippen LogP contribution in [0.1, 0.15) is 22.3 Å². The Morgan fingerprint density at radius 1 is 0.926 bits per heavy atom. The van der Waals surface area contributed by atoms with Gasteiger partial charge >= 0.3 is 0 Å². The number of hydrogen-bond donors (Lipinski definition) is 0. The minimum atomic E-state index is -1.18. The van der Waals surface area contributed by atoms with Gasteiger partial charge in [0.2, 0.25) is 0 Å². The highest BCUT2D eigenvalue weighted by molar-refractivity contribution is 5.46. The number of halogens is 3. The van der Waals surface area contributed by atoms with E-state index in [-0.39, 0.29) is 12.0 Å². The maximum Gasteiger partial charge on any atom is 0.161 e. The third-order valence-electron chi connectivity index (χ3n) is 4.72. The van der Waals surface area contributed by atoms with Crippen LogP contribution in [0.15, 0.2) is 24.3 Å². The maximum absolute atomic E-state index is 14.1. The van der Waals surface area contributed by atoms with Crippen LogP contribution in [0.5, 0.6) is 5.75 Å². The Balaban J connectivity index is 1.77. The summed E-state index contributed by atoms with van der Waals surface area (Å²) in [4.78, 5) is 2.27. The summed E-state index contributed by atoms with van der Waals surface area (Å²) < 4.78 is 52.2. The molecule has 146 valence electrons. The second-order valence-electron chi connectivity index (χ2n) is 6.91. The third kappa shape index (κ3) is 5.02. The van der Waals surface area contributed by atoms with E-state index < -0.39 is 17.5 Å². The van der Waals surface area contributed by atoms with Gasteiger partial charge < -0.3 is 9.47 Å². The molecule has 3 rings (SSSR count). The van der Waals surface area contributed by atoms with Gasteiger partial charge in [0, 0.05) is 32.1 Å². The number of aryl methyl sites for hydroxylation is 2. The molecule has 1 heterocycles. The molecule has 1 saturated heterocycles. The van der Waals surface area contributed by atoms with Crippen LogP contribution in [-0.2, 0) is 11.2 Å². The van der Waals surface area contributed by atoms with Gasteiger partial charge in [-0.05, 0) is 36.6 Å². The summed E-state index contributed by atoms with van der Waals surface area (Å²) in [6.07, 6.45) is 0.137. The molecule has 0 radical (unpaired) electrons. The molecule has 3 nitrogen and oxygen atoms in total. The van der Waals surface area contributed by atoms with E-state index in [1.807, 2.05) is 26.0 Å². The minimum absolute atomic E-state index is 0.108. The molecule has 1 aliphatic heterocycles. The Kier molecular flexibility index (Phi) is 6.39. The molecule has 0 saturated carbocycles. The molecule has 1 aliphatic rings. The zero-order chi connectivity index (χ0) is 19.4. The summed E-state index contributed by atoms with van der Waals surface area (Å²) in [6, 6.07) is 5.40. The Labute approximate surface area is 157 Å². The smallest absolute Gasteiger partial charge is 0.161 e. The zero-order valence-corrected chi connectivity index (χ0v) is 15.7. The van der Waals surface area contributed by atoms with Gasteiger partial charge in [0.1, 0.15) is 18.2 Å². The molecular weight excluding hydrogens is 355 g/mol. The van der Waals surface area contributed by atoms with Crippen LogP contribution in [0.4, 0.5) is 13.2 Å². The highest BCUT2D eigenvalue weighted by Gasteiger charge is 2.16. The van der Waals surface area contributed by atoms with Gasteiger partial charge in [0.15, 0.2) is 11.6 Å². The molecule has 27 heavy (non-hydrogen) atoms. The van der Waals surface area contributed by atoms with Crippen molar-refractivity contribution >= 4 is 0 Å². The van der Waals surface area contributed by atoms with Gasteiger partial charge in [-0.25, -0.2) is 13.2 Å². The number of rotatable bonds is 6. The second-order valence-corrected chi connectivity index (χ2v) is 6.91. The third-order valence-corrected chi connectivity index (χ3v) is 4.72. The molecule has 0 N–H and O–H groups in total. The van der Waals surface area contributed by atoms with E-state index >= 15 is 0 Å². The molecule has 0 atom stereocenters. The van der Waals surface area contributed by atoms with Crippen LogP contribution in [0.3, 0.4) is 0 Å². The molecule has 0 aromatic heterocycles. The van der Waals surface area contributed by atoms with E-state index in [2.05, 4.69) is 4.90 Å². The van der Waals surface area contributed by atoms with Crippen molar-refractivity contribution in [3.8, 4) is 5.75 Å². The standard InChI is InChI=1S/C21H24F3NO2/c1-14-9-15(2)21(27-8-5-25-3-6-26-7-4-25)17(10-14)11-16-12-19(23)20(24)13-18(16)22/h9-10,12-13H,3-8,11H2,1-2H3. The van der Waals surface area contributed by atoms with Crippen molar-refractivity contribution in [1.82, 2.24) is 4.90 Å². The second kappa shape index (κ2) is 8.76. The fourth-order valence-corrected chi connectivity index (χ4v) is 3.39. The van der Waals surface area contributed by atoms with E-state index in [0.717, 1.165) is 55.6 Å². The normalized spacial score (nSPS) is 15.1. The van der Waals surface area contributed by atoms with Crippen LogP contribution >= 0.6 is 0 Å². The number of ether oxygens (including phenoxy) is 2. The topological polar surface area (TPSA) is 21.7 Å². The minimum Gasteiger partial charge on any atom is -0.492 e. The molecule has 2 aromatic rings. The van der Waals surface area contributed by atoms with Crippen molar-refractivity contribution in [2.75, 3.05) is 39.5 Å². The molecule has 0 spiro atoms. The van der Waals surface area contributed by atoms with Gasteiger partial charge in [-0.1, -0.05) is 17.7 Å². The summed E-state index contributed by atoms with van der Waals surface area (Å²) in [7, 11) is 0. The van der Waals surface area contributed by atoms with E-state index in [9.17, 15) is 13.2 Å². The molecule has 1 fully saturated rings. The van der Waals surface area contributed by atoms with Gasteiger partial charge in [-0.2, -0.15) is 0 Å². The van der Waals surface area contributed by atoms with Crippen LogP contribution < -0.4 is 4.74 Å². The summed E-state index contributed by atoms with van der Waals surface area (Å²) in [5.41, 5.74) is 2.82. The Morgan fingerprint density at radius 3 is 2.37 bits per heavy atom. The number of nitrogens with zero attached hydrogens (tertiary/aromatic N) is 1. The van der Waals surface area contributed by atoms with E-state index in [4.69, 9.17) is 9.47 Å². The molecule has 0 aliphatic carbocycles. The first kappa shape index (κ1) is 19.7. The Bertz CT molecular complexity index is 804. The SMILES string of the molecule is Cc1cc(C)c(OCCN2CCOCC2)c(Cc2cc(F)c(F)cc2F)c1. The van der Waals surface area contributed by atoms with E-state index in [1.54, 1.807) is 0 Å². The monoisotopic (exact) mass is 379 g/mol. The lowest BCUT2D eigenvalue weighted by atomic mass is 9.98. The van der Waals surface area contributed by atoms with E-state index in [0.29, 0.717) is 18.4 Å². The molecular formula is C21H24F3NO2. The van der Waals surface area contributed by atoms with Crippen molar-refractivity contribution in [3.05, 3.63) is 64.0 Å². The van der Waals surface area contributed by atoms with Crippen LogP contribution in [0.2, 0.25) is 0 Å². The number of hydrogen-bond acceptors (Lipinski definition) is 3. The summed E-state index contributed by atoms with van der Waals surface area (Å²) >= 11 is 0. The first-order chi connectivity index (χ1) is 12.9. The summed E-state index contributed by atoms with van der Waals surface area (Å²) in [5.74, 6) is -2.31. The predicted octanol–water partition coefficient (Wildman–Crippen LogP) is 4.02. The van der Waals surface area contributed by atoms with Crippen molar-refractivity contribution in [3.63, 3.8) is 0 Å². The number of benzene rings is 2. The Hall–Kier alpha value is -2.05. The van der Waals surface area contributed by atoms with Crippen LogP contribution in [-0.4, -0.2) is 44.4 Å². The lowest BCUT2D eigenvalue weighted by Crippen LogP contribution is -2.38. The Morgan fingerprint density at radius 2 is 1.63 bits per heavy atom. The van der Waals surface area contributed by atoms with Crippen molar-refractivity contribution in [2.24, 2.45) is 0 Å². The molecule has 0 amide bonds. The molecule has 0 bridgehead atoms. The highest BCUT2D eigenvalue weighted by atomic mass is 19.2. The van der Waals surface area contributed by atoms with Crippen LogP contribution in [0.25, 0.3) is 0 Å². The summed E-state index contributed by atoms with van der Waals surface area (Å²) in [6.45, 7) is 8.35. The quantitative estimate of drug-likeness (QED) is 0.708. The largest absolute Gasteiger partial charge is 0.492 e. The average molecular weight is 379 g/mol. The lowest BCUT2D eigenvalue weighted by molar-refractivity contribution is 0.0321. The fourth-order valence-electron chi connectivity index (χ4n) is 3.39. The fraction of sp³-hybridized carbons (Fsp3) is 0.429. The zero-order valence-electron chi connectivity index (χ0n) is 15.7. The number of morpholine rings is 1. The van der Waals surface area contributed by atoms with Gasteiger partial charge in [0.05, 0.1) is 13.2 Å². The van der Waals surface area contributed by atoms with Gasteiger partial charge in [-0.15, -0.1) is 0 Å². The van der Waals surface area contributed by atoms with E-state index in [1.165, 1.54) is 0 Å². The first-order valence-electron chi connectivity index (χ1n) is 9.10. The first-order valence-corrected chi connectivity index (χ1v) is 9.10. The van der Waals surface area contributed by atoms with Crippen LogP contribution in [0, 0.1) is 31.3 Å². The maximum atomic E-state index is 14.1. The van der Waals surface area contributed by atoms with Gasteiger partial charge in [-0.3, -0.25) is 4.90 Å². The van der Waals surface area contributed by atoms with Gasteiger partial charge in [0.25, 0.3) is 0 Å². The summed E-state index contributed by atoms with van der Waals surface area (Å²) in [5, 5.41) is 0. The molecule has 2 aromatic carbocycles. The van der Waals surface area contributed by atoms with Crippen molar-refractivity contribution in [2.45, 2.75) is 20.3 Å². The lowest BCUT2D eigenvalue weighted by Gasteiger charge is -2.26. The molecule has 6 heteroatoms. The average Bonchev–Trinajstić information content (AvgIpc) is 2.62. The molecule has 0 unspecified atom stereocenters. The van der Waals surface area contributed by atoms with Crippen molar-refractivity contribution < 1.29 is 22.6 Å². The predicted molar refractivity (Wildman–Crippen MR) is 97.8 cm³/mol.